The highest BCUT2D eigenvalue weighted by Gasteiger charge is 1.98. The molecule has 0 fully saturated rings. The van der Waals surface area contributed by atoms with E-state index in [0.717, 1.165) is 25.8 Å². The Morgan fingerprint density at radius 1 is 1.40 bits per heavy atom. The summed E-state index contributed by atoms with van der Waals surface area (Å²) in [5, 5.41) is 5.81. The fourth-order valence-electron chi connectivity index (χ4n) is 1.02. The number of carbonyl (C=O) groups is 1. The minimum atomic E-state index is 0.0202. The van der Waals surface area contributed by atoms with Crippen LogP contribution in [0.4, 0.5) is 0 Å². The van der Waals surface area contributed by atoms with Crippen LogP contribution in [0.25, 0.3) is 0 Å². The lowest BCUT2D eigenvalue weighted by molar-refractivity contribution is -0.120. The Labute approximate surface area is 91.8 Å². The second-order valence-electron chi connectivity index (χ2n) is 3.18. The zero-order chi connectivity index (χ0) is 11.4. The summed E-state index contributed by atoms with van der Waals surface area (Å²) in [5.41, 5.74) is 0. The predicted octanol–water partition coefficient (Wildman–Crippen LogP) is 0.142. The molecule has 0 bridgehead atoms. The van der Waals surface area contributed by atoms with Crippen LogP contribution in [0.2, 0.25) is 0 Å². The summed E-state index contributed by atoms with van der Waals surface area (Å²) in [7, 11) is 1.65. The SMILES string of the molecule is C#CCCCNCC(=O)NCCCOC. The Bertz CT molecular complexity index is 199. The van der Waals surface area contributed by atoms with Gasteiger partial charge in [0.1, 0.15) is 0 Å². The lowest BCUT2D eigenvalue weighted by Gasteiger charge is -2.05. The minimum absolute atomic E-state index is 0.0202. The third kappa shape index (κ3) is 10.9. The normalized spacial score (nSPS) is 9.60. The number of hydrogen-bond acceptors (Lipinski definition) is 3. The Morgan fingerprint density at radius 3 is 2.87 bits per heavy atom. The first kappa shape index (κ1) is 13.9. The maximum Gasteiger partial charge on any atom is 0.233 e. The third-order valence-electron chi connectivity index (χ3n) is 1.81. The van der Waals surface area contributed by atoms with Crippen molar-refractivity contribution in [1.29, 1.82) is 0 Å². The number of rotatable bonds is 9. The monoisotopic (exact) mass is 212 g/mol. The molecule has 0 unspecified atom stereocenters. The van der Waals surface area contributed by atoms with Gasteiger partial charge in [-0.15, -0.1) is 12.3 Å². The molecule has 0 aromatic carbocycles. The summed E-state index contributed by atoms with van der Waals surface area (Å²) < 4.78 is 4.86. The Balaban J connectivity index is 3.16. The van der Waals surface area contributed by atoms with E-state index >= 15 is 0 Å². The van der Waals surface area contributed by atoms with Crippen LogP contribution in [0.5, 0.6) is 0 Å². The molecule has 0 rings (SSSR count). The maximum atomic E-state index is 11.2. The molecule has 15 heavy (non-hydrogen) atoms. The molecule has 0 radical (unpaired) electrons. The molecular formula is C11H20N2O2. The lowest BCUT2D eigenvalue weighted by atomic mass is 10.3. The number of ether oxygens (including phenoxy) is 1. The Kier molecular flexibility index (Phi) is 10.3. The molecule has 0 heterocycles. The molecular weight excluding hydrogens is 192 g/mol. The fraction of sp³-hybridized carbons (Fsp3) is 0.727. The number of nitrogens with one attached hydrogen (secondary N) is 2. The van der Waals surface area contributed by atoms with Gasteiger partial charge in [0.05, 0.1) is 6.54 Å². The Hall–Kier alpha value is -1.05. The highest BCUT2D eigenvalue weighted by atomic mass is 16.5. The number of unbranched alkanes of at least 4 members (excludes halogenated alkanes) is 1. The number of hydrogen-bond donors (Lipinski definition) is 2. The van der Waals surface area contributed by atoms with Gasteiger partial charge in [-0.05, 0) is 19.4 Å². The van der Waals surface area contributed by atoms with E-state index in [-0.39, 0.29) is 5.91 Å². The molecule has 0 saturated heterocycles. The van der Waals surface area contributed by atoms with Crippen LogP contribution in [0.15, 0.2) is 0 Å². The molecule has 0 atom stereocenters. The molecule has 0 spiro atoms. The van der Waals surface area contributed by atoms with Crippen LogP contribution in [-0.4, -0.2) is 39.3 Å². The van der Waals surface area contributed by atoms with Crippen molar-refractivity contribution < 1.29 is 9.53 Å². The summed E-state index contributed by atoms with van der Waals surface area (Å²) in [6.45, 7) is 2.49. The van der Waals surface area contributed by atoms with Crippen molar-refractivity contribution in [2.24, 2.45) is 0 Å². The number of terminal acetylenes is 1. The highest BCUT2D eigenvalue weighted by Crippen LogP contribution is 1.82. The second kappa shape index (κ2) is 11.0. The number of carbonyl (C=O) groups excluding carboxylic acids is 1. The molecule has 2 N–H and O–H groups in total. The van der Waals surface area contributed by atoms with Crippen molar-refractivity contribution in [1.82, 2.24) is 10.6 Å². The molecule has 0 aliphatic rings. The van der Waals surface area contributed by atoms with Crippen molar-refractivity contribution in [3.05, 3.63) is 0 Å². The van der Waals surface area contributed by atoms with Crippen LogP contribution in [0.1, 0.15) is 19.3 Å². The van der Waals surface area contributed by atoms with E-state index in [1.165, 1.54) is 0 Å². The van der Waals surface area contributed by atoms with Gasteiger partial charge in [-0.25, -0.2) is 0 Å². The topological polar surface area (TPSA) is 50.4 Å². The van der Waals surface area contributed by atoms with Gasteiger partial charge in [0.15, 0.2) is 0 Å². The molecule has 0 aliphatic carbocycles. The molecule has 0 saturated carbocycles. The summed E-state index contributed by atoms with van der Waals surface area (Å²) in [4.78, 5) is 11.2. The summed E-state index contributed by atoms with van der Waals surface area (Å²) in [6, 6.07) is 0. The Morgan fingerprint density at radius 2 is 2.20 bits per heavy atom. The third-order valence-corrected chi connectivity index (χ3v) is 1.81. The van der Waals surface area contributed by atoms with E-state index in [4.69, 9.17) is 11.2 Å². The maximum absolute atomic E-state index is 11.2. The highest BCUT2D eigenvalue weighted by molar-refractivity contribution is 5.77. The van der Waals surface area contributed by atoms with Gasteiger partial charge in [-0.2, -0.15) is 0 Å². The van der Waals surface area contributed by atoms with E-state index in [1.54, 1.807) is 7.11 Å². The number of methoxy groups -OCH3 is 1. The van der Waals surface area contributed by atoms with Gasteiger partial charge in [0.25, 0.3) is 0 Å². The van der Waals surface area contributed by atoms with Crippen LogP contribution in [-0.2, 0) is 9.53 Å². The van der Waals surface area contributed by atoms with Gasteiger partial charge >= 0.3 is 0 Å². The molecule has 0 aromatic heterocycles. The standard InChI is InChI=1S/C11H20N2O2/c1-3-4-5-7-12-10-11(14)13-8-6-9-15-2/h1,12H,4-10H2,2H3,(H,13,14). The van der Waals surface area contributed by atoms with E-state index in [1.807, 2.05) is 0 Å². The van der Waals surface area contributed by atoms with E-state index in [2.05, 4.69) is 16.6 Å². The van der Waals surface area contributed by atoms with Crippen molar-refractivity contribution in [3.8, 4) is 12.3 Å². The van der Waals surface area contributed by atoms with Gasteiger partial charge in [0.2, 0.25) is 5.91 Å². The molecule has 0 aliphatic heterocycles. The average Bonchev–Trinajstić information content (AvgIpc) is 2.24. The zero-order valence-corrected chi connectivity index (χ0v) is 9.34. The van der Waals surface area contributed by atoms with Crippen LogP contribution >= 0.6 is 0 Å². The van der Waals surface area contributed by atoms with Crippen LogP contribution in [0, 0.1) is 12.3 Å². The molecule has 86 valence electrons. The number of amides is 1. The summed E-state index contributed by atoms with van der Waals surface area (Å²) >= 11 is 0. The first-order chi connectivity index (χ1) is 7.31. The van der Waals surface area contributed by atoms with Crippen molar-refractivity contribution >= 4 is 5.91 Å². The first-order valence-electron chi connectivity index (χ1n) is 5.21. The smallest absolute Gasteiger partial charge is 0.233 e. The van der Waals surface area contributed by atoms with E-state index in [0.29, 0.717) is 19.7 Å². The molecule has 4 heteroatoms. The quantitative estimate of drug-likeness (QED) is 0.422. The van der Waals surface area contributed by atoms with Gasteiger partial charge in [-0.1, -0.05) is 0 Å². The van der Waals surface area contributed by atoms with Gasteiger partial charge in [0, 0.05) is 26.7 Å². The molecule has 0 aromatic rings. The van der Waals surface area contributed by atoms with Crippen LogP contribution < -0.4 is 10.6 Å². The zero-order valence-electron chi connectivity index (χ0n) is 9.34. The van der Waals surface area contributed by atoms with Gasteiger partial charge in [-0.3, -0.25) is 4.79 Å². The van der Waals surface area contributed by atoms with E-state index in [9.17, 15) is 4.79 Å². The average molecular weight is 212 g/mol. The van der Waals surface area contributed by atoms with Crippen LogP contribution in [0.3, 0.4) is 0 Å². The molecule has 4 nitrogen and oxygen atoms in total. The van der Waals surface area contributed by atoms with Gasteiger partial charge < -0.3 is 15.4 Å². The van der Waals surface area contributed by atoms with Crippen molar-refractivity contribution in [2.45, 2.75) is 19.3 Å². The lowest BCUT2D eigenvalue weighted by Crippen LogP contribution is -2.35. The van der Waals surface area contributed by atoms with Crippen molar-refractivity contribution in [2.75, 3.05) is 33.4 Å². The summed E-state index contributed by atoms with van der Waals surface area (Å²) in [6.07, 6.45) is 7.61. The van der Waals surface area contributed by atoms with Crippen molar-refractivity contribution in [3.63, 3.8) is 0 Å². The summed E-state index contributed by atoms with van der Waals surface area (Å²) in [5.74, 6) is 2.57. The minimum Gasteiger partial charge on any atom is -0.385 e. The largest absolute Gasteiger partial charge is 0.385 e. The first-order valence-corrected chi connectivity index (χ1v) is 5.21. The molecule has 1 amide bonds. The predicted molar refractivity (Wildman–Crippen MR) is 60.4 cm³/mol. The second-order valence-corrected chi connectivity index (χ2v) is 3.18. The fourth-order valence-corrected chi connectivity index (χ4v) is 1.02. The van der Waals surface area contributed by atoms with E-state index < -0.39 is 0 Å².